The normalized spacial score (nSPS) is 12.9. The molecule has 1 heterocycles. The Hall–Kier alpha value is -2.35. The van der Waals surface area contributed by atoms with E-state index in [0.29, 0.717) is 0 Å². The molecule has 0 spiro atoms. The molecule has 0 radical (unpaired) electrons. The van der Waals surface area contributed by atoms with Crippen LogP contribution in [-0.2, 0) is 12.6 Å². The topological polar surface area (TPSA) is 78.0 Å². The Kier molecular flexibility index (Phi) is 5.61. The molecule has 0 saturated heterocycles. The summed E-state index contributed by atoms with van der Waals surface area (Å²) in [7, 11) is 0. The molecule has 130 valence electrons. The van der Waals surface area contributed by atoms with Crippen LogP contribution in [0, 0.1) is 0 Å². The van der Waals surface area contributed by atoms with Gasteiger partial charge >= 0.3 is 6.18 Å². The molecule has 1 aromatic heterocycles. The van der Waals surface area contributed by atoms with Gasteiger partial charge in [-0.3, -0.25) is 9.89 Å². The van der Waals surface area contributed by atoms with Crippen molar-refractivity contribution in [2.24, 2.45) is 0 Å². The number of carbonyl (C=O) groups is 1. The number of aliphatic hydroxyl groups is 1. The first-order valence-electron chi connectivity index (χ1n) is 7.49. The maximum Gasteiger partial charge on any atom is 0.416 e. The van der Waals surface area contributed by atoms with Gasteiger partial charge in [-0.2, -0.15) is 18.3 Å². The van der Waals surface area contributed by atoms with E-state index in [4.69, 9.17) is 0 Å². The summed E-state index contributed by atoms with van der Waals surface area (Å²) in [6, 6.07) is 5.99. The molecule has 0 aliphatic rings. The first-order valence-corrected chi connectivity index (χ1v) is 7.49. The highest BCUT2D eigenvalue weighted by molar-refractivity contribution is 5.92. The van der Waals surface area contributed by atoms with Crippen LogP contribution in [0.1, 0.15) is 46.8 Å². The van der Waals surface area contributed by atoms with Crippen molar-refractivity contribution < 1.29 is 23.1 Å². The van der Waals surface area contributed by atoms with Crippen LogP contribution < -0.4 is 5.32 Å². The summed E-state index contributed by atoms with van der Waals surface area (Å²) in [5.74, 6) is -0.500. The van der Waals surface area contributed by atoms with Crippen LogP contribution in [0.3, 0.4) is 0 Å². The number of carbonyl (C=O) groups excluding carboxylic acids is 1. The summed E-state index contributed by atoms with van der Waals surface area (Å²) in [6.45, 7) is 1.78. The van der Waals surface area contributed by atoms with Crippen molar-refractivity contribution in [2.45, 2.75) is 32.0 Å². The Labute approximate surface area is 136 Å². The molecule has 0 aliphatic heterocycles. The largest absolute Gasteiger partial charge is 0.416 e. The smallest absolute Gasteiger partial charge is 0.387 e. The Morgan fingerprint density at radius 2 is 2.12 bits per heavy atom. The lowest BCUT2D eigenvalue weighted by molar-refractivity contribution is -0.137. The fourth-order valence-corrected chi connectivity index (χ4v) is 2.20. The summed E-state index contributed by atoms with van der Waals surface area (Å²) in [5, 5.41) is 19.0. The summed E-state index contributed by atoms with van der Waals surface area (Å²) < 4.78 is 38.0. The van der Waals surface area contributed by atoms with Crippen LogP contribution in [0.2, 0.25) is 0 Å². The van der Waals surface area contributed by atoms with Crippen LogP contribution >= 0.6 is 0 Å². The number of aryl methyl sites for hydroxylation is 1. The van der Waals surface area contributed by atoms with Crippen LogP contribution in [0.15, 0.2) is 30.3 Å². The number of nitrogens with zero attached hydrogens (tertiary/aromatic N) is 1. The number of H-pyrrole nitrogens is 1. The second kappa shape index (κ2) is 7.48. The van der Waals surface area contributed by atoms with Crippen molar-refractivity contribution in [1.82, 2.24) is 15.5 Å². The van der Waals surface area contributed by atoms with Crippen molar-refractivity contribution >= 4 is 5.91 Å². The SMILES string of the molecule is CCCc1cc(C(=O)NCC(O)c2cccc(C(F)(F)F)c2)n[nH]1. The second-order valence-corrected chi connectivity index (χ2v) is 5.38. The Balaban J connectivity index is 1.97. The molecule has 8 heteroatoms. The van der Waals surface area contributed by atoms with E-state index in [1.807, 2.05) is 6.92 Å². The molecule has 0 bridgehead atoms. The van der Waals surface area contributed by atoms with E-state index in [9.17, 15) is 23.1 Å². The Morgan fingerprint density at radius 3 is 2.79 bits per heavy atom. The zero-order valence-electron chi connectivity index (χ0n) is 13.0. The number of rotatable bonds is 6. The third-order valence-electron chi connectivity index (χ3n) is 3.44. The number of aromatic nitrogens is 2. The van der Waals surface area contributed by atoms with Gasteiger partial charge in [0.2, 0.25) is 0 Å². The second-order valence-electron chi connectivity index (χ2n) is 5.38. The van der Waals surface area contributed by atoms with Gasteiger partial charge in [0.05, 0.1) is 11.7 Å². The van der Waals surface area contributed by atoms with Crippen molar-refractivity contribution in [3.63, 3.8) is 0 Å². The summed E-state index contributed by atoms with van der Waals surface area (Å²) in [6.07, 6.45) is -4.07. The van der Waals surface area contributed by atoms with E-state index in [1.54, 1.807) is 6.07 Å². The third-order valence-corrected chi connectivity index (χ3v) is 3.44. The van der Waals surface area contributed by atoms with Gasteiger partial charge < -0.3 is 10.4 Å². The highest BCUT2D eigenvalue weighted by Crippen LogP contribution is 2.30. The minimum absolute atomic E-state index is 0.0822. The van der Waals surface area contributed by atoms with Crippen molar-refractivity contribution in [3.05, 3.63) is 52.8 Å². The fraction of sp³-hybridized carbons (Fsp3) is 0.375. The van der Waals surface area contributed by atoms with Gasteiger partial charge in [0.1, 0.15) is 5.69 Å². The Morgan fingerprint density at radius 1 is 1.38 bits per heavy atom. The van der Waals surface area contributed by atoms with E-state index >= 15 is 0 Å². The molecule has 1 unspecified atom stereocenters. The highest BCUT2D eigenvalue weighted by atomic mass is 19.4. The average Bonchev–Trinajstić information content (AvgIpc) is 3.00. The Bertz CT molecular complexity index is 698. The first-order chi connectivity index (χ1) is 11.3. The van der Waals surface area contributed by atoms with Crippen molar-refractivity contribution in [2.75, 3.05) is 6.54 Å². The molecule has 1 atom stereocenters. The molecule has 1 aromatic carbocycles. The number of amides is 1. The molecule has 0 fully saturated rings. The molecule has 2 rings (SSSR count). The predicted octanol–water partition coefficient (Wildman–Crippen LogP) is 2.84. The number of halogens is 3. The van der Waals surface area contributed by atoms with Gasteiger partial charge in [-0.25, -0.2) is 0 Å². The maximum absolute atomic E-state index is 12.7. The van der Waals surface area contributed by atoms with Gasteiger partial charge in [-0.05, 0) is 30.2 Å². The molecule has 3 N–H and O–H groups in total. The molecule has 2 aromatic rings. The monoisotopic (exact) mass is 341 g/mol. The van der Waals surface area contributed by atoms with E-state index in [2.05, 4.69) is 15.5 Å². The molecule has 0 aliphatic carbocycles. The van der Waals surface area contributed by atoms with Crippen LogP contribution in [0.4, 0.5) is 13.2 Å². The van der Waals surface area contributed by atoms with E-state index < -0.39 is 23.8 Å². The van der Waals surface area contributed by atoms with Crippen molar-refractivity contribution in [1.29, 1.82) is 0 Å². The number of hydrogen-bond donors (Lipinski definition) is 3. The molecular weight excluding hydrogens is 323 g/mol. The fourth-order valence-electron chi connectivity index (χ4n) is 2.20. The van der Waals surface area contributed by atoms with Crippen LogP contribution in [0.25, 0.3) is 0 Å². The lowest BCUT2D eigenvalue weighted by Gasteiger charge is -2.14. The molecule has 24 heavy (non-hydrogen) atoms. The number of aliphatic hydroxyl groups excluding tert-OH is 1. The standard InChI is InChI=1S/C16H18F3N3O2/c1-2-4-12-8-13(22-21-12)15(24)20-9-14(23)10-5-3-6-11(7-10)16(17,18)19/h3,5-8,14,23H,2,4,9H2,1H3,(H,20,24)(H,21,22). The average molecular weight is 341 g/mol. The zero-order valence-corrected chi connectivity index (χ0v) is 13.0. The number of alkyl halides is 3. The van der Waals surface area contributed by atoms with Gasteiger partial charge in [-0.15, -0.1) is 0 Å². The zero-order chi connectivity index (χ0) is 17.7. The summed E-state index contributed by atoms with van der Waals surface area (Å²) in [4.78, 5) is 11.9. The molecule has 5 nitrogen and oxygen atoms in total. The van der Waals surface area contributed by atoms with Crippen molar-refractivity contribution in [3.8, 4) is 0 Å². The van der Waals surface area contributed by atoms with Gasteiger partial charge in [0, 0.05) is 12.2 Å². The number of aromatic amines is 1. The lowest BCUT2D eigenvalue weighted by Crippen LogP contribution is -2.28. The van der Waals surface area contributed by atoms with E-state index in [1.165, 1.54) is 12.1 Å². The number of nitrogens with one attached hydrogen (secondary N) is 2. The summed E-state index contributed by atoms with van der Waals surface area (Å²) in [5.41, 5.74) is 0.233. The first kappa shape index (κ1) is 18.0. The highest BCUT2D eigenvalue weighted by Gasteiger charge is 2.30. The predicted molar refractivity (Wildman–Crippen MR) is 81.3 cm³/mol. The molecule has 0 saturated carbocycles. The van der Waals surface area contributed by atoms with Crippen LogP contribution in [-0.4, -0.2) is 27.8 Å². The summed E-state index contributed by atoms with van der Waals surface area (Å²) >= 11 is 0. The van der Waals surface area contributed by atoms with E-state index in [-0.39, 0.29) is 17.8 Å². The minimum Gasteiger partial charge on any atom is -0.387 e. The molecule has 1 amide bonds. The third kappa shape index (κ3) is 4.58. The maximum atomic E-state index is 12.7. The minimum atomic E-state index is -4.48. The van der Waals surface area contributed by atoms with Crippen LogP contribution in [0.5, 0.6) is 0 Å². The molecular formula is C16H18F3N3O2. The van der Waals surface area contributed by atoms with Gasteiger partial charge in [0.25, 0.3) is 5.91 Å². The number of benzene rings is 1. The van der Waals surface area contributed by atoms with E-state index in [0.717, 1.165) is 30.7 Å². The van der Waals surface area contributed by atoms with Gasteiger partial charge in [-0.1, -0.05) is 25.5 Å². The lowest BCUT2D eigenvalue weighted by atomic mass is 10.1. The number of hydrogen-bond acceptors (Lipinski definition) is 3. The van der Waals surface area contributed by atoms with Gasteiger partial charge in [0.15, 0.2) is 0 Å². The quantitative estimate of drug-likeness (QED) is 0.756.